The molecule has 112 valence electrons. The Bertz CT molecular complexity index is 578. The highest BCUT2D eigenvalue weighted by Crippen LogP contribution is 2.38. The van der Waals surface area contributed by atoms with Crippen molar-refractivity contribution in [1.29, 1.82) is 0 Å². The number of aromatic nitrogens is 1. The molecule has 0 spiro atoms. The van der Waals surface area contributed by atoms with Crippen LogP contribution in [0.2, 0.25) is 5.02 Å². The number of carbonyl (C=O) groups excluding carboxylic acids is 2. The van der Waals surface area contributed by atoms with Crippen LogP contribution in [0.5, 0.6) is 0 Å². The van der Waals surface area contributed by atoms with Crippen molar-refractivity contribution in [3.8, 4) is 0 Å². The summed E-state index contributed by atoms with van der Waals surface area (Å²) in [7, 11) is 1.82. The highest BCUT2D eigenvalue weighted by molar-refractivity contribution is 6.33. The van der Waals surface area contributed by atoms with E-state index in [2.05, 4.69) is 10.3 Å². The Labute approximate surface area is 128 Å². The van der Waals surface area contributed by atoms with E-state index in [0.717, 1.165) is 19.4 Å². The standard InChI is InChI=1S/C15H18ClN3O2/c1-19(15(21)12-2-3-17-8-13(12)16)11-4-9-6-14(20)18-7-10(9)5-11/h2-3,8-11H,4-7H2,1H3,(H,18,20)/t9-,10+,11-/m1/s1. The van der Waals surface area contributed by atoms with Crippen molar-refractivity contribution >= 4 is 23.4 Å². The normalized spacial score (nSPS) is 27.9. The molecule has 1 aromatic heterocycles. The summed E-state index contributed by atoms with van der Waals surface area (Å²) in [6.07, 6.45) is 5.47. The molecule has 1 saturated carbocycles. The summed E-state index contributed by atoms with van der Waals surface area (Å²) in [4.78, 5) is 29.7. The molecule has 1 saturated heterocycles. The van der Waals surface area contributed by atoms with E-state index in [9.17, 15) is 9.59 Å². The van der Waals surface area contributed by atoms with Gasteiger partial charge in [-0.2, -0.15) is 0 Å². The van der Waals surface area contributed by atoms with Crippen LogP contribution < -0.4 is 5.32 Å². The van der Waals surface area contributed by atoms with Gasteiger partial charge in [-0.3, -0.25) is 14.6 Å². The van der Waals surface area contributed by atoms with E-state index < -0.39 is 0 Å². The Morgan fingerprint density at radius 1 is 1.43 bits per heavy atom. The first-order valence-corrected chi connectivity index (χ1v) is 7.57. The molecule has 0 bridgehead atoms. The zero-order valence-corrected chi connectivity index (χ0v) is 12.6. The van der Waals surface area contributed by atoms with Crippen LogP contribution in [0, 0.1) is 11.8 Å². The Kier molecular flexibility index (Phi) is 3.85. The number of hydrogen-bond donors (Lipinski definition) is 1. The summed E-state index contributed by atoms with van der Waals surface area (Å²) in [5, 5.41) is 3.29. The maximum atomic E-state index is 12.6. The summed E-state index contributed by atoms with van der Waals surface area (Å²) in [5.74, 6) is 0.927. The highest BCUT2D eigenvalue weighted by Gasteiger charge is 2.40. The van der Waals surface area contributed by atoms with Crippen LogP contribution in [0.3, 0.4) is 0 Å². The fourth-order valence-corrected chi connectivity index (χ4v) is 3.66. The number of nitrogens with one attached hydrogen (secondary N) is 1. The van der Waals surface area contributed by atoms with Crippen molar-refractivity contribution in [1.82, 2.24) is 15.2 Å². The quantitative estimate of drug-likeness (QED) is 0.905. The molecule has 2 heterocycles. The lowest BCUT2D eigenvalue weighted by molar-refractivity contribution is -0.124. The topological polar surface area (TPSA) is 62.3 Å². The minimum atomic E-state index is -0.0784. The predicted octanol–water partition coefficient (Wildman–Crippen LogP) is 1.72. The van der Waals surface area contributed by atoms with E-state index >= 15 is 0 Å². The second-order valence-corrected chi connectivity index (χ2v) is 6.33. The van der Waals surface area contributed by atoms with Gasteiger partial charge in [-0.1, -0.05) is 11.6 Å². The predicted molar refractivity (Wildman–Crippen MR) is 79.0 cm³/mol. The summed E-state index contributed by atoms with van der Waals surface area (Å²) >= 11 is 6.05. The van der Waals surface area contributed by atoms with Gasteiger partial charge in [0.2, 0.25) is 5.91 Å². The highest BCUT2D eigenvalue weighted by atomic mass is 35.5. The van der Waals surface area contributed by atoms with Crippen LogP contribution in [0.1, 0.15) is 29.6 Å². The lowest BCUT2D eigenvalue weighted by atomic mass is 9.89. The molecule has 3 atom stereocenters. The van der Waals surface area contributed by atoms with Crippen LogP contribution >= 0.6 is 11.6 Å². The van der Waals surface area contributed by atoms with Crippen LogP contribution in [0.4, 0.5) is 0 Å². The van der Waals surface area contributed by atoms with Gasteiger partial charge in [0.25, 0.3) is 5.91 Å². The van der Waals surface area contributed by atoms with Gasteiger partial charge in [0.15, 0.2) is 0 Å². The fraction of sp³-hybridized carbons (Fsp3) is 0.533. The van der Waals surface area contributed by atoms with Crippen molar-refractivity contribution in [2.75, 3.05) is 13.6 Å². The van der Waals surface area contributed by atoms with Crippen LogP contribution in [-0.4, -0.2) is 41.3 Å². The average Bonchev–Trinajstić information content (AvgIpc) is 2.89. The van der Waals surface area contributed by atoms with Gasteiger partial charge in [0.05, 0.1) is 10.6 Å². The molecule has 2 fully saturated rings. The first-order chi connectivity index (χ1) is 10.1. The lowest BCUT2D eigenvalue weighted by Crippen LogP contribution is -2.38. The summed E-state index contributed by atoms with van der Waals surface area (Å²) in [5.41, 5.74) is 0.484. The molecule has 2 amide bonds. The van der Waals surface area contributed by atoms with Crippen molar-refractivity contribution in [2.45, 2.75) is 25.3 Å². The number of pyridine rings is 1. The number of rotatable bonds is 2. The van der Waals surface area contributed by atoms with E-state index in [1.807, 2.05) is 7.05 Å². The number of nitrogens with zero attached hydrogens (tertiary/aromatic N) is 2. The van der Waals surface area contributed by atoms with Crippen molar-refractivity contribution < 1.29 is 9.59 Å². The Balaban J connectivity index is 1.72. The van der Waals surface area contributed by atoms with E-state index in [-0.39, 0.29) is 17.9 Å². The van der Waals surface area contributed by atoms with E-state index in [4.69, 9.17) is 11.6 Å². The summed E-state index contributed by atoms with van der Waals surface area (Å²) in [6.45, 7) is 0.734. The number of piperidine rings is 1. The molecule has 6 heteroatoms. The van der Waals surface area contributed by atoms with E-state index in [1.54, 1.807) is 17.2 Å². The minimum absolute atomic E-state index is 0.0784. The third-order valence-electron chi connectivity index (χ3n) is 4.70. The zero-order valence-electron chi connectivity index (χ0n) is 11.9. The number of carbonyl (C=O) groups is 2. The molecule has 0 aromatic carbocycles. The summed E-state index contributed by atoms with van der Waals surface area (Å²) < 4.78 is 0. The second-order valence-electron chi connectivity index (χ2n) is 5.93. The van der Waals surface area contributed by atoms with Gasteiger partial charge in [0.1, 0.15) is 0 Å². The monoisotopic (exact) mass is 307 g/mol. The zero-order chi connectivity index (χ0) is 15.0. The number of hydrogen-bond acceptors (Lipinski definition) is 3. The van der Waals surface area contributed by atoms with Gasteiger partial charge < -0.3 is 10.2 Å². The lowest BCUT2D eigenvalue weighted by Gasteiger charge is -2.25. The Morgan fingerprint density at radius 3 is 2.95 bits per heavy atom. The third kappa shape index (κ3) is 2.75. The number of halogens is 1. The molecule has 1 aromatic rings. The van der Waals surface area contributed by atoms with Crippen LogP contribution in [-0.2, 0) is 4.79 Å². The van der Waals surface area contributed by atoms with Gasteiger partial charge in [-0.05, 0) is 30.7 Å². The maximum Gasteiger partial charge on any atom is 0.255 e. The molecule has 21 heavy (non-hydrogen) atoms. The van der Waals surface area contributed by atoms with Crippen LogP contribution in [0.25, 0.3) is 0 Å². The molecular weight excluding hydrogens is 290 g/mol. The molecule has 2 aliphatic rings. The molecular formula is C15H18ClN3O2. The molecule has 1 N–H and O–H groups in total. The van der Waals surface area contributed by atoms with Gasteiger partial charge in [0, 0.05) is 38.4 Å². The minimum Gasteiger partial charge on any atom is -0.356 e. The molecule has 1 aliphatic heterocycles. The van der Waals surface area contributed by atoms with E-state index in [0.29, 0.717) is 28.8 Å². The molecule has 0 unspecified atom stereocenters. The molecule has 1 aliphatic carbocycles. The first-order valence-electron chi connectivity index (χ1n) is 7.19. The van der Waals surface area contributed by atoms with Crippen molar-refractivity contribution in [3.05, 3.63) is 29.0 Å². The maximum absolute atomic E-state index is 12.6. The van der Waals surface area contributed by atoms with Gasteiger partial charge >= 0.3 is 0 Å². The van der Waals surface area contributed by atoms with Crippen LogP contribution in [0.15, 0.2) is 18.5 Å². The Morgan fingerprint density at radius 2 is 2.19 bits per heavy atom. The molecule has 3 rings (SSSR count). The average molecular weight is 308 g/mol. The third-order valence-corrected chi connectivity index (χ3v) is 5.00. The van der Waals surface area contributed by atoms with Gasteiger partial charge in [-0.25, -0.2) is 0 Å². The largest absolute Gasteiger partial charge is 0.356 e. The summed E-state index contributed by atoms with van der Waals surface area (Å²) in [6, 6.07) is 1.82. The van der Waals surface area contributed by atoms with Gasteiger partial charge in [-0.15, -0.1) is 0 Å². The fourth-order valence-electron chi connectivity index (χ4n) is 3.46. The van der Waals surface area contributed by atoms with Crippen molar-refractivity contribution in [2.24, 2.45) is 11.8 Å². The van der Waals surface area contributed by atoms with Crippen molar-refractivity contribution in [3.63, 3.8) is 0 Å². The number of fused-ring (bicyclic) bond motifs is 1. The first kappa shape index (κ1) is 14.3. The SMILES string of the molecule is CN(C(=O)c1ccncc1Cl)[C@H]1C[C@H]2CNC(=O)C[C@H]2C1. The second kappa shape index (κ2) is 5.64. The van der Waals surface area contributed by atoms with E-state index in [1.165, 1.54) is 6.20 Å². The molecule has 0 radical (unpaired) electrons. The smallest absolute Gasteiger partial charge is 0.255 e. The molecule has 5 nitrogen and oxygen atoms in total. The Hall–Kier alpha value is -1.62. The number of amides is 2.